The first-order valence-corrected chi connectivity index (χ1v) is 6.85. The average Bonchev–Trinajstić information content (AvgIpc) is 3.14. The van der Waals surface area contributed by atoms with Crippen molar-refractivity contribution in [1.82, 2.24) is 14.8 Å². The molecule has 2 heterocycles. The molecule has 1 saturated heterocycles. The molecule has 0 spiro atoms. The molecule has 1 aliphatic heterocycles. The molecule has 1 N–H and O–H groups in total. The van der Waals surface area contributed by atoms with Crippen LogP contribution in [0.25, 0.3) is 0 Å². The summed E-state index contributed by atoms with van der Waals surface area (Å²) in [4.78, 5) is 26.0. The zero-order chi connectivity index (χ0) is 13.4. The minimum absolute atomic E-state index is 0.139. The zero-order valence-electron chi connectivity index (χ0n) is 11.1. The molecule has 2 aliphatic rings. The minimum atomic E-state index is -0.154. The first-order valence-electron chi connectivity index (χ1n) is 6.85. The van der Waals surface area contributed by atoms with Gasteiger partial charge >= 0.3 is 0 Å². The summed E-state index contributed by atoms with van der Waals surface area (Å²) in [5.41, 5.74) is 0.298. The first kappa shape index (κ1) is 12.4. The topological polar surface area (TPSA) is 54.3 Å². The molecule has 1 unspecified atom stereocenters. The van der Waals surface area contributed by atoms with Crippen LogP contribution in [0.1, 0.15) is 29.6 Å². The van der Waals surface area contributed by atoms with Gasteiger partial charge in [0, 0.05) is 50.0 Å². The Labute approximate surface area is 112 Å². The molecule has 0 radical (unpaired) electrons. The lowest BCUT2D eigenvalue weighted by molar-refractivity contribution is 0.0937. The molecule has 1 atom stereocenters. The maximum Gasteiger partial charge on any atom is 0.251 e. The van der Waals surface area contributed by atoms with E-state index in [0.29, 0.717) is 5.56 Å². The smallest absolute Gasteiger partial charge is 0.251 e. The number of carbonyl (C=O) groups excluding carboxylic acids is 1. The Morgan fingerprint density at radius 3 is 2.84 bits per heavy atom. The Balaban J connectivity index is 1.61. The van der Waals surface area contributed by atoms with Gasteiger partial charge in [0.25, 0.3) is 11.5 Å². The Morgan fingerprint density at radius 1 is 1.37 bits per heavy atom. The third-order valence-electron chi connectivity index (χ3n) is 3.98. The molecule has 19 heavy (non-hydrogen) atoms. The van der Waals surface area contributed by atoms with E-state index in [1.807, 2.05) is 0 Å². The van der Waals surface area contributed by atoms with E-state index < -0.39 is 0 Å². The fourth-order valence-corrected chi connectivity index (χ4v) is 2.63. The molecule has 3 rings (SSSR count). The third-order valence-corrected chi connectivity index (χ3v) is 3.98. The van der Waals surface area contributed by atoms with Gasteiger partial charge in [-0.25, -0.2) is 0 Å². The van der Waals surface area contributed by atoms with Gasteiger partial charge in [0.15, 0.2) is 0 Å². The van der Waals surface area contributed by atoms with Gasteiger partial charge in [-0.15, -0.1) is 0 Å². The molecular weight excluding hydrogens is 242 g/mol. The van der Waals surface area contributed by atoms with E-state index in [1.54, 1.807) is 19.3 Å². The molecule has 5 heteroatoms. The zero-order valence-corrected chi connectivity index (χ0v) is 11.1. The fraction of sp³-hybridized carbons (Fsp3) is 0.571. The highest BCUT2D eigenvalue weighted by Gasteiger charge is 2.34. The number of hydrogen-bond acceptors (Lipinski definition) is 3. The predicted octanol–water partition coefficient (Wildman–Crippen LogP) is 0.352. The lowest BCUT2D eigenvalue weighted by Gasteiger charge is -2.15. The Hall–Kier alpha value is -1.62. The number of carbonyl (C=O) groups is 1. The van der Waals surface area contributed by atoms with Crippen molar-refractivity contribution in [2.24, 2.45) is 7.05 Å². The maximum absolute atomic E-state index is 12.1. The summed E-state index contributed by atoms with van der Waals surface area (Å²) in [6.07, 6.45) is 5.24. The predicted molar refractivity (Wildman–Crippen MR) is 72.1 cm³/mol. The Bertz CT molecular complexity index is 548. The van der Waals surface area contributed by atoms with Crippen LogP contribution in [0, 0.1) is 0 Å². The molecule has 1 aliphatic carbocycles. The van der Waals surface area contributed by atoms with E-state index in [4.69, 9.17) is 0 Å². The SMILES string of the molecule is Cn1ccc(C(=O)NC2CCN(C3CC3)C2)cc1=O. The second-order valence-corrected chi connectivity index (χ2v) is 5.55. The minimum Gasteiger partial charge on any atom is -0.348 e. The lowest BCUT2D eigenvalue weighted by atomic mass is 10.2. The highest BCUT2D eigenvalue weighted by molar-refractivity contribution is 5.94. The highest BCUT2D eigenvalue weighted by Crippen LogP contribution is 2.29. The lowest BCUT2D eigenvalue weighted by Crippen LogP contribution is -2.38. The van der Waals surface area contributed by atoms with E-state index in [0.717, 1.165) is 25.6 Å². The van der Waals surface area contributed by atoms with Crippen LogP contribution in [-0.4, -0.2) is 40.5 Å². The molecule has 1 amide bonds. The van der Waals surface area contributed by atoms with Crippen molar-refractivity contribution in [2.45, 2.75) is 31.3 Å². The van der Waals surface area contributed by atoms with Crippen molar-refractivity contribution in [3.05, 3.63) is 34.2 Å². The number of hydrogen-bond donors (Lipinski definition) is 1. The number of nitrogens with one attached hydrogen (secondary N) is 1. The maximum atomic E-state index is 12.1. The highest BCUT2D eigenvalue weighted by atomic mass is 16.2. The number of pyridine rings is 1. The summed E-state index contributed by atoms with van der Waals surface area (Å²) < 4.78 is 1.46. The number of nitrogens with zero attached hydrogens (tertiary/aromatic N) is 2. The quantitative estimate of drug-likeness (QED) is 0.854. The fourth-order valence-electron chi connectivity index (χ4n) is 2.63. The van der Waals surface area contributed by atoms with Gasteiger partial charge in [-0.1, -0.05) is 0 Å². The van der Waals surface area contributed by atoms with Gasteiger partial charge in [-0.2, -0.15) is 0 Å². The summed E-state index contributed by atoms with van der Waals surface area (Å²) in [5, 5.41) is 3.03. The van der Waals surface area contributed by atoms with Gasteiger partial charge in [0.05, 0.1) is 0 Å². The van der Waals surface area contributed by atoms with Crippen LogP contribution in [0.5, 0.6) is 0 Å². The monoisotopic (exact) mass is 261 g/mol. The second-order valence-electron chi connectivity index (χ2n) is 5.55. The number of rotatable bonds is 3. The van der Waals surface area contributed by atoms with Gasteiger partial charge in [-0.3, -0.25) is 14.5 Å². The molecule has 102 valence electrons. The van der Waals surface area contributed by atoms with Crippen molar-refractivity contribution in [3.8, 4) is 0 Å². The van der Waals surface area contributed by atoms with E-state index in [1.165, 1.54) is 23.5 Å². The van der Waals surface area contributed by atoms with Gasteiger partial charge in [0.1, 0.15) is 0 Å². The summed E-state index contributed by atoms with van der Waals surface area (Å²) in [5.74, 6) is -0.139. The largest absolute Gasteiger partial charge is 0.348 e. The van der Waals surface area contributed by atoms with E-state index >= 15 is 0 Å². The number of aromatic nitrogens is 1. The van der Waals surface area contributed by atoms with Crippen LogP contribution in [0.15, 0.2) is 23.1 Å². The molecule has 0 bridgehead atoms. The Kier molecular flexibility index (Phi) is 3.14. The van der Waals surface area contributed by atoms with Crippen molar-refractivity contribution < 1.29 is 4.79 Å². The molecule has 2 fully saturated rings. The van der Waals surface area contributed by atoms with E-state index in [9.17, 15) is 9.59 Å². The normalized spacial score (nSPS) is 23.5. The van der Waals surface area contributed by atoms with E-state index in [2.05, 4.69) is 10.2 Å². The number of aryl methyl sites for hydroxylation is 1. The Morgan fingerprint density at radius 2 is 2.16 bits per heavy atom. The number of likely N-dealkylation sites (tertiary alicyclic amines) is 1. The summed E-state index contributed by atoms with van der Waals surface area (Å²) in [7, 11) is 1.68. The number of amides is 1. The van der Waals surface area contributed by atoms with Gasteiger partial charge in [-0.05, 0) is 25.3 Å². The molecule has 0 aromatic carbocycles. The van der Waals surface area contributed by atoms with Crippen LogP contribution in [0.3, 0.4) is 0 Å². The molecule has 5 nitrogen and oxygen atoms in total. The van der Waals surface area contributed by atoms with Crippen molar-refractivity contribution in [1.29, 1.82) is 0 Å². The van der Waals surface area contributed by atoms with Crippen LogP contribution in [0.4, 0.5) is 0 Å². The molecule has 1 saturated carbocycles. The van der Waals surface area contributed by atoms with Crippen molar-refractivity contribution in [3.63, 3.8) is 0 Å². The second kappa shape index (κ2) is 4.81. The third kappa shape index (κ3) is 2.71. The first-order chi connectivity index (χ1) is 9.13. The van der Waals surface area contributed by atoms with E-state index in [-0.39, 0.29) is 17.5 Å². The molecule has 1 aromatic rings. The van der Waals surface area contributed by atoms with Gasteiger partial charge in [0.2, 0.25) is 0 Å². The molecular formula is C14H19N3O2. The van der Waals surface area contributed by atoms with Crippen molar-refractivity contribution in [2.75, 3.05) is 13.1 Å². The molecule has 1 aromatic heterocycles. The average molecular weight is 261 g/mol. The summed E-state index contributed by atoms with van der Waals surface area (Å²) >= 11 is 0. The standard InChI is InChI=1S/C14H19N3O2/c1-16-6-4-10(8-13(16)18)14(19)15-11-5-7-17(9-11)12-2-3-12/h4,6,8,11-12H,2-3,5,7,9H2,1H3,(H,15,19). The van der Waals surface area contributed by atoms with Crippen LogP contribution in [0.2, 0.25) is 0 Å². The van der Waals surface area contributed by atoms with Crippen LogP contribution in [-0.2, 0) is 7.05 Å². The van der Waals surface area contributed by atoms with Crippen LogP contribution < -0.4 is 10.9 Å². The van der Waals surface area contributed by atoms with Crippen molar-refractivity contribution >= 4 is 5.91 Å². The summed E-state index contributed by atoms with van der Waals surface area (Å²) in [6, 6.07) is 4.05. The van der Waals surface area contributed by atoms with Gasteiger partial charge < -0.3 is 9.88 Å². The van der Waals surface area contributed by atoms with Crippen LogP contribution >= 0.6 is 0 Å². The summed E-state index contributed by atoms with van der Waals surface area (Å²) in [6.45, 7) is 2.02.